The average Bonchev–Trinajstić information content (AvgIpc) is 3.66. The second kappa shape index (κ2) is 13.6. The first kappa shape index (κ1) is 30.8. The van der Waals surface area contributed by atoms with Crippen molar-refractivity contribution in [1.29, 1.82) is 0 Å². The number of fused-ring (bicyclic) bond motifs is 1. The molecule has 9 nitrogen and oxygen atoms in total. The van der Waals surface area contributed by atoms with Gasteiger partial charge in [0.15, 0.2) is 17.7 Å². The van der Waals surface area contributed by atoms with Gasteiger partial charge in [0, 0.05) is 24.5 Å². The van der Waals surface area contributed by atoms with E-state index in [0.29, 0.717) is 11.5 Å². The van der Waals surface area contributed by atoms with Crippen LogP contribution < -0.4 is 10.6 Å². The molecule has 1 heterocycles. The number of Topliss-reactive ketones (excluding diaryl/α,β-unsaturated/α-hetero) is 3. The largest absolute Gasteiger partial charge is 0.379 e. The molecule has 0 aromatic rings. The second-order valence-corrected chi connectivity index (χ2v) is 10.6. The summed E-state index contributed by atoms with van der Waals surface area (Å²) in [7, 11) is 0. The quantitative estimate of drug-likeness (QED) is 0.147. The molecule has 0 spiro atoms. The Hall–Kier alpha value is -3.69. The van der Waals surface area contributed by atoms with E-state index in [4.69, 9.17) is 4.74 Å². The molecule has 0 bridgehead atoms. The predicted molar refractivity (Wildman–Crippen MR) is 150 cm³/mol. The molecule has 3 aliphatic rings. The van der Waals surface area contributed by atoms with Gasteiger partial charge in [-0.15, -0.1) is 0 Å². The number of carbonyl (C=O) groups excluding carboxylic acids is 5. The Labute approximate surface area is 234 Å². The smallest absolute Gasteiger partial charge is 0.251 e. The standard InChI is InChI=1S/C31H38N2O7/c1-5-6-11-19(2)16-20(3)17-21(4)30(38)32-22-18-31(39,29-28(40-29)27(22)37)15-10-8-7-9-12-25(36)33-26-23(34)13-14-24(26)35/h7-10,12,15-19,26,28-29,39H,5-6,11,13-14H2,1-4H3,(H,32,38)(H,33,36)/t19-,28-,29-,31+/m1/s1. The monoisotopic (exact) mass is 550 g/mol. The van der Waals surface area contributed by atoms with Crippen molar-refractivity contribution in [1.82, 2.24) is 10.6 Å². The SMILES string of the molecule is CCCC[C@@H](C)C=C(C)C=C(C)C(=O)NC1=C[C@@](O)(C=CC=CC=CC(=O)NC2C(=O)CCC2=O)[C@@H]2O[C@@H]2C1=O. The summed E-state index contributed by atoms with van der Waals surface area (Å²) in [4.78, 5) is 60.6. The summed E-state index contributed by atoms with van der Waals surface area (Å²) in [6.45, 7) is 7.89. The minimum Gasteiger partial charge on any atom is -0.379 e. The molecule has 214 valence electrons. The van der Waals surface area contributed by atoms with Crippen molar-refractivity contribution >= 4 is 29.2 Å². The Morgan fingerprint density at radius 2 is 1.80 bits per heavy atom. The molecule has 1 saturated carbocycles. The Morgan fingerprint density at radius 3 is 2.48 bits per heavy atom. The van der Waals surface area contributed by atoms with E-state index < -0.39 is 41.4 Å². The number of amides is 2. The van der Waals surface area contributed by atoms with Crippen molar-refractivity contribution < 1.29 is 33.8 Å². The summed E-state index contributed by atoms with van der Waals surface area (Å²) >= 11 is 0. The van der Waals surface area contributed by atoms with Gasteiger partial charge in [0.25, 0.3) is 5.91 Å². The number of epoxide rings is 1. The van der Waals surface area contributed by atoms with Gasteiger partial charge in [-0.25, -0.2) is 0 Å². The van der Waals surface area contributed by atoms with E-state index in [1.54, 1.807) is 19.1 Å². The molecule has 1 aliphatic heterocycles. The van der Waals surface area contributed by atoms with Crippen molar-refractivity contribution in [2.24, 2.45) is 5.92 Å². The summed E-state index contributed by atoms with van der Waals surface area (Å²) in [6.07, 6.45) is 15.9. The summed E-state index contributed by atoms with van der Waals surface area (Å²) in [5.41, 5.74) is -0.247. The minimum atomic E-state index is -1.61. The van der Waals surface area contributed by atoms with E-state index in [0.717, 1.165) is 24.8 Å². The highest BCUT2D eigenvalue weighted by Crippen LogP contribution is 2.40. The minimum absolute atomic E-state index is 0.0295. The second-order valence-electron chi connectivity index (χ2n) is 10.6. The lowest BCUT2D eigenvalue weighted by Crippen LogP contribution is -2.42. The first-order valence-corrected chi connectivity index (χ1v) is 13.7. The number of allylic oxidation sites excluding steroid dienone is 7. The third-order valence-corrected chi connectivity index (χ3v) is 6.95. The number of aliphatic hydroxyl groups is 1. The molecule has 2 amide bonds. The van der Waals surface area contributed by atoms with Crippen LogP contribution in [0.2, 0.25) is 0 Å². The lowest BCUT2D eigenvalue weighted by Gasteiger charge is -2.23. The Balaban J connectivity index is 1.59. The fraction of sp³-hybridized carbons (Fsp3) is 0.452. The number of ether oxygens (including phenoxy) is 1. The van der Waals surface area contributed by atoms with Crippen molar-refractivity contribution in [3.63, 3.8) is 0 Å². The van der Waals surface area contributed by atoms with Gasteiger partial charge in [0.1, 0.15) is 17.7 Å². The Morgan fingerprint density at radius 1 is 1.12 bits per heavy atom. The number of nitrogens with one attached hydrogen (secondary N) is 2. The third-order valence-electron chi connectivity index (χ3n) is 6.95. The molecule has 1 saturated heterocycles. The van der Waals surface area contributed by atoms with Crippen LogP contribution in [-0.2, 0) is 28.7 Å². The summed E-state index contributed by atoms with van der Waals surface area (Å²) in [6, 6.07) is -1.07. The molecule has 9 heteroatoms. The van der Waals surface area contributed by atoms with Crippen molar-refractivity contribution in [3.05, 3.63) is 71.5 Å². The van der Waals surface area contributed by atoms with Crippen molar-refractivity contribution in [2.45, 2.75) is 83.6 Å². The van der Waals surface area contributed by atoms with Crippen LogP contribution in [0.4, 0.5) is 0 Å². The predicted octanol–water partition coefficient (Wildman–Crippen LogP) is 2.87. The lowest BCUT2D eigenvalue weighted by atomic mass is 9.88. The molecule has 0 aromatic carbocycles. The first-order valence-electron chi connectivity index (χ1n) is 13.7. The average molecular weight is 551 g/mol. The molecule has 40 heavy (non-hydrogen) atoms. The van der Waals surface area contributed by atoms with Crippen LogP contribution in [0.1, 0.15) is 59.8 Å². The zero-order valence-corrected chi connectivity index (χ0v) is 23.4. The number of unbranched alkanes of at least 4 members (excludes halogenated alkanes) is 1. The summed E-state index contributed by atoms with van der Waals surface area (Å²) in [5.74, 6) is -1.59. The fourth-order valence-corrected chi connectivity index (χ4v) is 4.72. The number of hydrogen-bond donors (Lipinski definition) is 3. The van der Waals surface area contributed by atoms with E-state index in [1.165, 1.54) is 36.5 Å². The van der Waals surface area contributed by atoms with Gasteiger partial charge in [0.05, 0.1) is 5.70 Å². The van der Waals surface area contributed by atoms with Crippen LogP contribution in [0.25, 0.3) is 0 Å². The molecule has 2 fully saturated rings. The highest BCUT2D eigenvalue weighted by Gasteiger charge is 2.59. The number of hydrogen-bond acceptors (Lipinski definition) is 7. The van der Waals surface area contributed by atoms with Crippen LogP contribution >= 0.6 is 0 Å². The molecule has 0 aromatic heterocycles. The molecule has 3 N–H and O–H groups in total. The summed E-state index contributed by atoms with van der Waals surface area (Å²) in [5, 5.41) is 16.1. The third kappa shape index (κ3) is 8.16. The Kier molecular flexibility index (Phi) is 10.5. The van der Waals surface area contributed by atoms with Crippen molar-refractivity contribution in [3.8, 4) is 0 Å². The molecule has 3 rings (SSSR count). The maximum atomic E-state index is 12.8. The van der Waals surface area contributed by atoms with Gasteiger partial charge in [0.2, 0.25) is 11.7 Å². The van der Waals surface area contributed by atoms with Gasteiger partial charge < -0.3 is 20.5 Å². The van der Waals surface area contributed by atoms with E-state index in [1.807, 2.05) is 6.92 Å². The molecule has 0 unspecified atom stereocenters. The number of carbonyl (C=O) groups is 5. The molecule has 2 aliphatic carbocycles. The van der Waals surface area contributed by atoms with Gasteiger partial charge in [-0.3, -0.25) is 24.0 Å². The van der Waals surface area contributed by atoms with Crippen molar-refractivity contribution in [2.75, 3.05) is 0 Å². The molecular formula is C31H38N2O7. The van der Waals surface area contributed by atoms with E-state index in [9.17, 15) is 29.1 Å². The summed E-state index contributed by atoms with van der Waals surface area (Å²) < 4.78 is 5.38. The van der Waals surface area contributed by atoms with Gasteiger partial charge >= 0.3 is 0 Å². The lowest BCUT2D eigenvalue weighted by molar-refractivity contribution is -0.129. The highest BCUT2D eigenvalue weighted by molar-refractivity contribution is 6.14. The van der Waals surface area contributed by atoms with Gasteiger partial charge in [-0.05, 0) is 38.3 Å². The number of ketones is 3. The van der Waals surface area contributed by atoms with Crippen LogP contribution in [0, 0.1) is 5.92 Å². The van der Waals surface area contributed by atoms with Crippen LogP contribution in [0.5, 0.6) is 0 Å². The number of rotatable bonds is 12. The normalized spacial score (nSPS) is 26.5. The van der Waals surface area contributed by atoms with Crippen LogP contribution in [0.15, 0.2) is 71.5 Å². The van der Waals surface area contributed by atoms with Crippen LogP contribution in [-0.4, -0.2) is 58.1 Å². The molecular weight excluding hydrogens is 512 g/mol. The van der Waals surface area contributed by atoms with Gasteiger partial charge in [-0.2, -0.15) is 0 Å². The zero-order valence-electron chi connectivity index (χ0n) is 23.4. The maximum Gasteiger partial charge on any atom is 0.251 e. The fourth-order valence-electron chi connectivity index (χ4n) is 4.72. The van der Waals surface area contributed by atoms with E-state index in [2.05, 4.69) is 30.6 Å². The van der Waals surface area contributed by atoms with Crippen LogP contribution in [0.3, 0.4) is 0 Å². The Bertz CT molecular complexity index is 1220. The molecule has 0 radical (unpaired) electrons. The van der Waals surface area contributed by atoms with E-state index in [-0.39, 0.29) is 30.1 Å². The molecule has 4 atom stereocenters. The topological polar surface area (TPSA) is 142 Å². The zero-order chi connectivity index (χ0) is 29.4. The first-order chi connectivity index (χ1) is 18.9. The highest BCUT2D eigenvalue weighted by atomic mass is 16.6. The maximum absolute atomic E-state index is 12.8. The van der Waals surface area contributed by atoms with E-state index >= 15 is 0 Å². The van der Waals surface area contributed by atoms with Gasteiger partial charge in [-0.1, -0.05) is 68.7 Å².